The second-order valence-corrected chi connectivity index (χ2v) is 14.9. The van der Waals surface area contributed by atoms with E-state index < -0.39 is 10.0 Å². The van der Waals surface area contributed by atoms with Crippen LogP contribution in [-0.2, 0) is 16.4 Å². The fourth-order valence-corrected chi connectivity index (χ4v) is 9.54. The maximum Gasteiger partial charge on any atom is 0.268 e. The van der Waals surface area contributed by atoms with E-state index in [1.54, 1.807) is 23.5 Å². The Balaban J connectivity index is 1.36. The molecule has 220 valence electrons. The van der Waals surface area contributed by atoms with Gasteiger partial charge in [0.15, 0.2) is 0 Å². The highest BCUT2D eigenvalue weighted by molar-refractivity contribution is 7.90. The van der Waals surface area contributed by atoms with Crippen molar-refractivity contribution >= 4 is 58.9 Å². The SMILES string of the molecule is Cc1ccc(S(=O)(=O)n2cc(Cc3cc4ccccc4s3)c3c4c(ccc32)C(c2c(C)[nH]c3ccccc23)CCCN4)cc1. The third kappa shape index (κ3) is 4.37. The van der Waals surface area contributed by atoms with Crippen molar-refractivity contribution in [2.24, 2.45) is 0 Å². The Morgan fingerprint density at radius 1 is 0.932 bits per heavy atom. The number of para-hydroxylation sites is 1. The summed E-state index contributed by atoms with van der Waals surface area (Å²) in [5.74, 6) is 0.190. The number of nitrogens with zero attached hydrogens (tertiary/aromatic N) is 1. The molecule has 5 nitrogen and oxygen atoms in total. The summed E-state index contributed by atoms with van der Waals surface area (Å²) in [5.41, 5.74) is 8.72. The number of nitrogens with one attached hydrogen (secondary N) is 2. The highest BCUT2D eigenvalue weighted by atomic mass is 32.2. The molecule has 1 atom stereocenters. The smallest absolute Gasteiger partial charge is 0.268 e. The molecule has 0 saturated heterocycles. The zero-order valence-corrected chi connectivity index (χ0v) is 26.4. The lowest BCUT2D eigenvalue weighted by Crippen LogP contribution is -2.12. The van der Waals surface area contributed by atoms with Crippen molar-refractivity contribution in [2.45, 2.75) is 43.9 Å². The lowest BCUT2D eigenvalue weighted by atomic mass is 9.84. The van der Waals surface area contributed by atoms with E-state index in [1.165, 1.54) is 41.1 Å². The van der Waals surface area contributed by atoms with E-state index in [4.69, 9.17) is 0 Å². The Morgan fingerprint density at radius 2 is 1.73 bits per heavy atom. The minimum atomic E-state index is -3.82. The summed E-state index contributed by atoms with van der Waals surface area (Å²) in [5, 5.41) is 7.25. The molecule has 1 unspecified atom stereocenters. The third-order valence-corrected chi connectivity index (χ3v) is 11.9. The predicted molar refractivity (Wildman–Crippen MR) is 183 cm³/mol. The normalized spacial score (nSPS) is 15.5. The van der Waals surface area contributed by atoms with Crippen molar-refractivity contribution < 1.29 is 8.42 Å². The topological polar surface area (TPSA) is 66.9 Å². The Kier molecular flexibility index (Phi) is 6.43. The Morgan fingerprint density at radius 3 is 2.57 bits per heavy atom. The fraction of sp³-hybridized carbons (Fsp3) is 0.189. The highest BCUT2D eigenvalue weighted by Crippen LogP contribution is 2.45. The Hall–Kier alpha value is -4.33. The summed E-state index contributed by atoms with van der Waals surface area (Å²) in [7, 11) is -3.82. The summed E-state index contributed by atoms with van der Waals surface area (Å²) < 4.78 is 31.1. The Bertz CT molecular complexity index is 2270. The van der Waals surface area contributed by atoms with Crippen LogP contribution in [0.4, 0.5) is 5.69 Å². The number of anilines is 1. The van der Waals surface area contributed by atoms with E-state index in [9.17, 15) is 8.42 Å². The molecule has 0 fully saturated rings. The van der Waals surface area contributed by atoms with Gasteiger partial charge in [0, 0.05) is 62.3 Å². The van der Waals surface area contributed by atoms with Crippen molar-refractivity contribution in [3.8, 4) is 0 Å². The van der Waals surface area contributed by atoms with Gasteiger partial charge in [-0.05, 0) is 85.2 Å². The minimum Gasteiger partial charge on any atom is -0.384 e. The molecule has 3 aromatic heterocycles. The van der Waals surface area contributed by atoms with Crippen LogP contribution in [0.2, 0.25) is 0 Å². The van der Waals surface area contributed by atoms with Crippen LogP contribution in [0.3, 0.4) is 0 Å². The number of fused-ring (bicyclic) bond motifs is 5. The van der Waals surface area contributed by atoms with Gasteiger partial charge in [-0.3, -0.25) is 0 Å². The van der Waals surface area contributed by atoms with E-state index >= 15 is 0 Å². The van der Waals surface area contributed by atoms with Crippen LogP contribution >= 0.6 is 11.3 Å². The monoisotopic (exact) mass is 615 g/mol. The zero-order valence-electron chi connectivity index (χ0n) is 24.7. The number of H-pyrrole nitrogens is 1. The lowest BCUT2D eigenvalue weighted by Gasteiger charge is -2.20. The fourth-order valence-electron chi connectivity index (χ4n) is 7.06. The average molecular weight is 616 g/mol. The predicted octanol–water partition coefficient (Wildman–Crippen LogP) is 9.12. The van der Waals surface area contributed by atoms with E-state index in [0.717, 1.165) is 47.1 Å². The van der Waals surface area contributed by atoms with Crippen LogP contribution in [0.5, 0.6) is 0 Å². The zero-order chi connectivity index (χ0) is 30.0. The molecule has 7 heteroatoms. The molecule has 44 heavy (non-hydrogen) atoms. The molecule has 0 radical (unpaired) electrons. The van der Waals surface area contributed by atoms with Crippen LogP contribution in [0.15, 0.2) is 102 Å². The van der Waals surface area contributed by atoms with Crippen molar-refractivity contribution in [1.82, 2.24) is 8.96 Å². The van der Waals surface area contributed by atoms with Gasteiger partial charge >= 0.3 is 0 Å². The summed E-state index contributed by atoms with van der Waals surface area (Å²) in [6.45, 7) is 4.98. The first-order valence-corrected chi connectivity index (χ1v) is 17.4. The van der Waals surface area contributed by atoms with Crippen molar-refractivity contribution in [1.29, 1.82) is 0 Å². The number of aromatic amines is 1. The quantitative estimate of drug-likeness (QED) is 0.203. The lowest BCUT2D eigenvalue weighted by molar-refractivity contribution is 0.589. The van der Waals surface area contributed by atoms with Gasteiger partial charge in [0.25, 0.3) is 10.0 Å². The number of benzene rings is 4. The standard InChI is InChI=1S/C37H33N3O2S2/c1-23-13-15-28(16-14-23)44(41,42)40-22-26(21-27-20-25-8-3-6-12-34(25)43-27)36-33(40)18-17-30-29(10-7-19-38-37(30)36)35-24(2)39-32-11-5-4-9-31(32)35/h3-6,8-9,11-18,20,22,29,38-39H,7,10,19,21H2,1-2H3. The van der Waals surface area contributed by atoms with Gasteiger partial charge < -0.3 is 10.3 Å². The van der Waals surface area contributed by atoms with E-state index in [2.05, 4.69) is 77.9 Å². The molecule has 4 heterocycles. The van der Waals surface area contributed by atoms with Crippen molar-refractivity contribution in [2.75, 3.05) is 11.9 Å². The number of hydrogen-bond donors (Lipinski definition) is 2. The molecular weight excluding hydrogens is 583 g/mol. The number of aryl methyl sites for hydroxylation is 2. The molecule has 7 aromatic rings. The van der Waals surface area contributed by atoms with Crippen LogP contribution in [0, 0.1) is 13.8 Å². The van der Waals surface area contributed by atoms with E-state index in [1.807, 2.05) is 31.3 Å². The summed E-state index contributed by atoms with van der Waals surface area (Å²) in [4.78, 5) is 5.12. The highest BCUT2D eigenvalue weighted by Gasteiger charge is 2.30. The molecule has 2 N–H and O–H groups in total. The third-order valence-electron chi connectivity index (χ3n) is 9.10. The Labute approximate surface area is 261 Å². The summed E-state index contributed by atoms with van der Waals surface area (Å²) in [6, 6.07) is 30.5. The van der Waals surface area contributed by atoms with Gasteiger partial charge in [-0.1, -0.05) is 60.2 Å². The van der Waals surface area contributed by atoms with Gasteiger partial charge in [0.1, 0.15) is 0 Å². The first kappa shape index (κ1) is 27.2. The van der Waals surface area contributed by atoms with Gasteiger partial charge in [-0.25, -0.2) is 12.4 Å². The van der Waals surface area contributed by atoms with E-state index in [0.29, 0.717) is 16.8 Å². The van der Waals surface area contributed by atoms with Crippen molar-refractivity contribution in [3.05, 3.63) is 130 Å². The van der Waals surface area contributed by atoms with Crippen LogP contribution in [0.25, 0.3) is 31.9 Å². The van der Waals surface area contributed by atoms with Crippen LogP contribution < -0.4 is 5.32 Å². The van der Waals surface area contributed by atoms with Gasteiger partial charge in [0.2, 0.25) is 0 Å². The summed E-state index contributed by atoms with van der Waals surface area (Å²) >= 11 is 1.78. The van der Waals surface area contributed by atoms with Gasteiger partial charge in [-0.2, -0.15) is 0 Å². The second-order valence-electron chi connectivity index (χ2n) is 12.0. The van der Waals surface area contributed by atoms with Crippen molar-refractivity contribution in [3.63, 3.8) is 0 Å². The minimum absolute atomic E-state index is 0.190. The average Bonchev–Trinajstić information content (AvgIpc) is 3.66. The molecule has 0 spiro atoms. The van der Waals surface area contributed by atoms with Gasteiger partial charge in [-0.15, -0.1) is 11.3 Å². The molecule has 4 aromatic carbocycles. The molecule has 1 aliphatic heterocycles. The summed E-state index contributed by atoms with van der Waals surface area (Å²) in [6.07, 6.45) is 4.56. The van der Waals surface area contributed by atoms with E-state index in [-0.39, 0.29) is 5.92 Å². The number of rotatable bonds is 5. The maximum absolute atomic E-state index is 14.2. The molecule has 1 aliphatic rings. The van der Waals surface area contributed by atoms with Crippen LogP contribution in [0.1, 0.15) is 51.6 Å². The largest absolute Gasteiger partial charge is 0.384 e. The number of thiophene rings is 1. The molecule has 0 amide bonds. The molecule has 0 saturated carbocycles. The second kappa shape index (κ2) is 10.4. The first-order valence-electron chi connectivity index (χ1n) is 15.2. The molecule has 0 bridgehead atoms. The van der Waals surface area contributed by atoms with Gasteiger partial charge in [0.05, 0.1) is 10.4 Å². The number of hydrogen-bond acceptors (Lipinski definition) is 4. The molecular formula is C37H33N3O2S2. The molecule has 0 aliphatic carbocycles. The maximum atomic E-state index is 14.2. The first-order chi connectivity index (χ1) is 21.4. The number of aromatic nitrogens is 2. The molecule has 8 rings (SSSR count). The van der Waals surface area contributed by atoms with Crippen LogP contribution in [-0.4, -0.2) is 23.9 Å².